The van der Waals surface area contributed by atoms with Crippen LogP contribution in [0.1, 0.15) is 32.1 Å². The van der Waals surface area contributed by atoms with Gasteiger partial charge in [-0.3, -0.25) is 0 Å². The highest BCUT2D eigenvalue weighted by molar-refractivity contribution is 7.91. The van der Waals surface area contributed by atoms with Crippen molar-refractivity contribution in [1.29, 1.82) is 0 Å². The third kappa shape index (κ3) is 3.29. The number of aromatic nitrogens is 2. The Bertz CT molecular complexity index is 453. The third-order valence-electron chi connectivity index (χ3n) is 2.95. The molecule has 0 aliphatic heterocycles. The molecule has 1 aromatic heterocycles. The van der Waals surface area contributed by atoms with Crippen LogP contribution in [0.25, 0.3) is 0 Å². The molecular weight excluding hydrogens is 238 g/mol. The third-order valence-corrected chi connectivity index (χ3v) is 4.57. The van der Waals surface area contributed by atoms with Crippen molar-refractivity contribution in [1.82, 2.24) is 14.9 Å². The van der Waals surface area contributed by atoms with Gasteiger partial charge in [-0.1, -0.05) is 6.92 Å². The van der Waals surface area contributed by atoms with Gasteiger partial charge in [0.25, 0.3) is 0 Å². The minimum Gasteiger partial charge on any atom is -0.334 e. The molecule has 0 bridgehead atoms. The van der Waals surface area contributed by atoms with Crippen LogP contribution in [0, 0.1) is 0 Å². The second-order valence-corrected chi connectivity index (χ2v) is 6.68. The summed E-state index contributed by atoms with van der Waals surface area (Å²) in [5.41, 5.74) is 0. The van der Waals surface area contributed by atoms with E-state index in [1.54, 1.807) is 20.2 Å². The van der Waals surface area contributed by atoms with E-state index in [0.29, 0.717) is 0 Å². The van der Waals surface area contributed by atoms with Gasteiger partial charge in [-0.2, -0.15) is 0 Å². The van der Waals surface area contributed by atoms with E-state index in [1.165, 1.54) is 6.26 Å². The van der Waals surface area contributed by atoms with Gasteiger partial charge in [0.1, 0.15) is 5.82 Å². The summed E-state index contributed by atoms with van der Waals surface area (Å²) in [7, 11) is -1.33. The summed E-state index contributed by atoms with van der Waals surface area (Å²) in [6, 6.07) is -0.272. The van der Waals surface area contributed by atoms with Crippen LogP contribution in [0.4, 0.5) is 0 Å². The lowest BCUT2D eigenvalue weighted by Gasteiger charge is -2.22. The van der Waals surface area contributed by atoms with Crippen LogP contribution in [0.5, 0.6) is 0 Å². The number of sulfone groups is 1. The molecule has 5 nitrogen and oxygen atoms in total. The van der Waals surface area contributed by atoms with E-state index >= 15 is 0 Å². The highest BCUT2D eigenvalue weighted by Crippen LogP contribution is 2.20. The predicted molar refractivity (Wildman–Crippen MR) is 68.6 cm³/mol. The Balaban J connectivity index is 3.05. The van der Waals surface area contributed by atoms with Gasteiger partial charge in [-0.05, 0) is 20.4 Å². The number of imidazole rings is 1. The van der Waals surface area contributed by atoms with Crippen molar-refractivity contribution in [2.45, 2.75) is 38.1 Å². The highest BCUT2D eigenvalue weighted by atomic mass is 32.2. The lowest BCUT2D eigenvalue weighted by molar-refractivity contribution is 0.489. The lowest BCUT2D eigenvalue weighted by atomic mass is 10.2. The fourth-order valence-corrected chi connectivity index (χ4v) is 2.60. The highest BCUT2D eigenvalue weighted by Gasteiger charge is 2.28. The zero-order chi connectivity index (χ0) is 13.1. The summed E-state index contributed by atoms with van der Waals surface area (Å²) < 4.78 is 25.2. The topological polar surface area (TPSA) is 64.0 Å². The van der Waals surface area contributed by atoms with E-state index in [0.717, 1.165) is 18.8 Å². The first-order chi connectivity index (χ1) is 7.91. The van der Waals surface area contributed by atoms with Gasteiger partial charge in [0.15, 0.2) is 9.84 Å². The average molecular weight is 259 g/mol. The van der Waals surface area contributed by atoms with Crippen LogP contribution < -0.4 is 5.32 Å². The predicted octanol–water partition coefficient (Wildman–Crippen LogP) is 0.987. The van der Waals surface area contributed by atoms with Crippen molar-refractivity contribution >= 4 is 9.84 Å². The molecule has 1 rings (SSSR count). The van der Waals surface area contributed by atoms with Crippen molar-refractivity contribution in [3.8, 4) is 0 Å². The van der Waals surface area contributed by atoms with E-state index in [4.69, 9.17) is 0 Å². The zero-order valence-corrected chi connectivity index (χ0v) is 11.7. The van der Waals surface area contributed by atoms with Gasteiger partial charge in [0, 0.05) is 25.2 Å². The van der Waals surface area contributed by atoms with Crippen molar-refractivity contribution in [2.75, 3.05) is 13.3 Å². The molecule has 2 unspecified atom stereocenters. The van der Waals surface area contributed by atoms with Gasteiger partial charge >= 0.3 is 0 Å². The first kappa shape index (κ1) is 14.2. The standard InChI is InChI=1S/C11H21N3O2S/c1-5-7-14-8-6-13-11(14)10(12-3)9(2)17(4,15)16/h6,8-10,12H,5,7H2,1-4H3. The van der Waals surface area contributed by atoms with Crippen LogP contribution in [-0.4, -0.2) is 36.5 Å². The van der Waals surface area contributed by atoms with Crippen LogP contribution in [0.2, 0.25) is 0 Å². The largest absolute Gasteiger partial charge is 0.334 e. The summed E-state index contributed by atoms with van der Waals surface area (Å²) in [5.74, 6) is 0.785. The van der Waals surface area contributed by atoms with E-state index in [-0.39, 0.29) is 6.04 Å². The van der Waals surface area contributed by atoms with Crippen molar-refractivity contribution in [2.24, 2.45) is 0 Å². The summed E-state index contributed by atoms with van der Waals surface area (Å²) in [6.07, 6.45) is 5.85. The quantitative estimate of drug-likeness (QED) is 0.827. The SMILES string of the molecule is CCCn1ccnc1C(NC)C(C)S(C)(=O)=O. The van der Waals surface area contributed by atoms with Crippen molar-refractivity contribution in [3.05, 3.63) is 18.2 Å². The fraction of sp³-hybridized carbons (Fsp3) is 0.727. The maximum absolute atomic E-state index is 11.6. The smallest absolute Gasteiger partial charge is 0.152 e. The minimum atomic E-state index is -3.09. The van der Waals surface area contributed by atoms with Crippen molar-refractivity contribution in [3.63, 3.8) is 0 Å². The monoisotopic (exact) mass is 259 g/mol. The van der Waals surface area contributed by atoms with Crippen LogP contribution in [0.3, 0.4) is 0 Å². The number of aryl methyl sites for hydroxylation is 1. The molecule has 0 fully saturated rings. The number of nitrogens with one attached hydrogen (secondary N) is 1. The Morgan fingerprint density at radius 3 is 2.65 bits per heavy atom. The molecule has 0 aromatic carbocycles. The summed E-state index contributed by atoms with van der Waals surface area (Å²) in [5, 5.41) is 2.55. The molecule has 0 spiro atoms. The minimum absolute atomic E-state index is 0.272. The lowest BCUT2D eigenvalue weighted by Crippen LogP contribution is -2.35. The maximum atomic E-state index is 11.6. The Morgan fingerprint density at radius 2 is 2.18 bits per heavy atom. The molecule has 1 heterocycles. The second kappa shape index (κ2) is 5.64. The average Bonchev–Trinajstić information content (AvgIpc) is 2.67. The molecule has 1 N–H and O–H groups in total. The second-order valence-electron chi connectivity index (χ2n) is 4.28. The molecule has 0 saturated carbocycles. The zero-order valence-electron chi connectivity index (χ0n) is 10.8. The molecule has 2 atom stereocenters. The van der Waals surface area contributed by atoms with Gasteiger partial charge in [-0.15, -0.1) is 0 Å². The first-order valence-corrected chi connectivity index (χ1v) is 7.74. The molecular formula is C11H21N3O2S. The molecule has 0 saturated heterocycles. The van der Waals surface area contributed by atoms with Gasteiger partial charge in [0.2, 0.25) is 0 Å². The normalized spacial score (nSPS) is 15.8. The van der Waals surface area contributed by atoms with E-state index in [1.807, 2.05) is 10.8 Å². The van der Waals surface area contributed by atoms with E-state index < -0.39 is 15.1 Å². The fourth-order valence-electron chi connectivity index (χ4n) is 1.85. The Kier molecular flexibility index (Phi) is 4.70. The first-order valence-electron chi connectivity index (χ1n) is 5.79. The van der Waals surface area contributed by atoms with Gasteiger partial charge < -0.3 is 9.88 Å². The number of hydrogen-bond acceptors (Lipinski definition) is 4. The molecule has 0 aliphatic rings. The van der Waals surface area contributed by atoms with Crippen LogP contribution in [-0.2, 0) is 16.4 Å². The van der Waals surface area contributed by atoms with E-state index in [9.17, 15) is 8.42 Å². The maximum Gasteiger partial charge on any atom is 0.152 e. The number of hydrogen-bond donors (Lipinski definition) is 1. The molecule has 0 radical (unpaired) electrons. The summed E-state index contributed by atoms with van der Waals surface area (Å²) >= 11 is 0. The molecule has 98 valence electrons. The molecule has 17 heavy (non-hydrogen) atoms. The Hall–Kier alpha value is -0.880. The van der Waals surface area contributed by atoms with E-state index in [2.05, 4.69) is 17.2 Å². The van der Waals surface area contributed by atoms with Crippen molar-refractivity contribution < 1.29 is 8.42 Å². The molecule has 0 amide bonds. The molecule has 6 heteroatoms. The summed E-state index contributed by atoms with van der Waals surface area (Å²) in [4.78, 5) is 4.28. The van der Waals surface area contributed by atoms with Crippen LogP contribution in [0.15, 0.2) is 12.4 Å². The van der Waals surface area contributed by atoms with Gasteiger partial charge in [-0.25, -0.2) is 13.4 Å². The van der Waals surface area contributed by atoms with Gasteiger partial charge in [0.05, 0.1) is 11.3 Å². The Morgan fingerprint density at radius 1 is 1.53 bits per heavy atom. The number of nitrogens with zero attached hydrogens (tertiary/aromatic N) is 2. The molecule has 1 aromatic rings. The Labute approximate surface area is 103 Å². The molecule has 0 aliphatic carbocycles. The number of rotatable bonds is 6. The summed E-state index contributed by atoms with van der Waals surface area (Å²) in [6.45, 7) is 4.64. The van der Waals surface area contributed by atoms with Crippen LogP contribution >= 0.6 is 0 Å².